The molecule has 0 saturated carbocycles. The molecule has 4 nitrogen and oxygen atoms in total. The molecule has 0 fully saturated rings. The molecule has 108 valence electrons. The number of nitrogens with two attached hydrogens (primary N) is 1. The van der Waals surface area contributed by atoms with Gasteiger partial charge in [0.05, 0.1) is 19.9 Å². The standard InChI is InChI=1S/C15H26N2O2/c1-6-17(7-2)15(3,16)11-12-9-8-10-13(18-4)14(12)19-5/h8-10H,6-7,11,16H2,1-5H3. The maximum atomic E-state index is 6.46. The summed E-state index contributed by atoms with van der Waals surface area (Å²) in [5.41, 5.74) is 7.13. The Bertz CT molecular complexity index is 401. The van der Waals surface area contributed by atoms with Crippen molar-refractivity contribution in [2.75, 3.05) is 27.3 Å². The SMILES string of the molecule is CCN(CC)C(C)(N)Cc1cccc(OC)c1OC. The molecular formula is C15H26N2O2. The molecule has 19 heavy (non-hydrogen) atoms. The van der Waals surface area contributed by atoms with Crippen molar-refractivity contribution in [2.45, 2.75) is 32.9 Å². The van der Waals surface area contributed by atoms with Crippen LogP contribution in [-0.2, 0) is 6.42 Å². The summed E-state index contributed by atoms with van der Waals surface area (Å²) in [4.78, 5) is 2.24. The summed E-state index contributed by atoms with van der Waals surface area (Å²) in [5.74, 6) is 1.52. The first-order valence-corrected chi connectivity index (χ1v) is 6.73. The van der Waals surface area contributed by atoms with E-state index < -0.39 is 5.66 Å². The van der Waals surface area contributed by atoms with Gasteiger partial charge in [-0.1, -0.05) is 26.0 Å². The van der Waals surface area contributed by atoms with Crippen molar-refractivity contribution in [3.05, 3.63) is 23.8 Å². The molecule has 0 aliphatic heterocycles. The molecule has 0 aliphatic carbocycles. The third kappa shape index (κ3) is 3.61. The molecule has 0 heterocycles. The van der Waals surface area contributed by atoms with Gasteiger partial charge in [0, 0.05) is 12.0 Å². The van der Waals surface area contributed by atoms with Crippen LogP contribution < -0.4 is 15.2 Å². The maximum absolute atomic E-state index is 6.46. The second-order valence-electron chi connectivity index (χ2n) is 4.86. The van der Waals surface area contributed by atoms with Gasteiger partial charge in [-0.15, -0.1) is 0 Å². The lowest BCUT2D eigenvalue weighted by Crippen LogP contribution is -2.55. The number of rotatable bonds is 7. The van der Waals surface area contributed by atoms with Gasteiger partial charge in [0.2, 0.25) is 0 Å². The third-order valence-corrected chi connectivity index (χ3v) is 3.52. The molecule has 2 N–H and O–H groups in total. The molecule has 0 amide bonds. The monoisotopic (exact) mass is 266 g/mol. The molecule has 1 aromatic rings. The van der Waals surface area contributed by atoms with Crippen LogP contribution in [0.15, 0.2) is 18.2 Å². The second kappa shape index (κ2) is 6.78. The van der Waals surface area contributed by atoms with Crippen molar-refractivity contribution in [2.24, 2.45) is 5.73 Å². The van der Waals surface area contributed by atoms with Crippen molar-refractivity contribution in [3.63, 3.8) is 0 Å². The number of nitrogens with zero attached hydrogens (tertiary/aromatic N) is 1. The highest BCUT2D eigenvalue weighted by Gasteiger charge is 2.27. The fourth-order valence-corrected chi connectivity index (χ4v) is 2.54. The Hall–Kier alpha value is -1.26. The number of methoxy groups -OCH3 is 2. The summed E-state index contributed by atoms with van der Waals surface area (Å²) in [6, 6.07) is 5.90. The van der Waals surface area contributed by atoms with Gasteiger partial charge in [-0.05, 0) is 26.1 Å². The molecule has 0 aromatic heterocycles. The summed E-state index contributed by atoms with van der Waals surface area (Å²) in [6.07, 6.45) is 0.717. The molecule has 1 rings (SSSR count). The van der Waals surface area contributed by atoms with Crippen LogP contribution in [0.2, 0.25) is 0 Å². The van der Waals surface area contributed by atoms with Gasteiger partial charge in [-0.2, -0.15) is 0 Å². The molecule has 0 bridgehead atoms. The lowest BCUT2D eigenvalue weighted by atomic mass is 9.99. The highest BCUT2D eigenvalue weighted by atomic mass is 16.5. The van der Waals surface area contributed by atoms with Gasteiger partial charge in [-0.25, -0.2) is 0 Å². The molecule has 4 heteroatoms. The van der Waals surface area contributed by atoms with Crippen molar-refractivity contribution >= 4 is 0 Å². The molecule has 1 atom stereocenters. The first-order valence-electron chi connectivity index (χ1n) is 6.73. The van der Waals surface area contributed by atoms with Crippen molar-refractivity contribution in [3.8, 4) is 11.5 Å². The van der Waals surface area contributed by atoms with E-state index in [9.17, 15) is 0 Å². The van der Waals surface area contributed by atoms with E-state index in [1.807, 2.05) is 18.2 Å². The fraction of sp³-hybridized carbons (Fsp3) is 0.600. The van der Waals surface area contributed by atoms with E-state index in [1.165, 1.54) is 0 Å². The lowest BCUT2D eigenvalue weighted by molar-refractivity contribution is 0.122. The van der Waals surface area contributed by atoms with E-state index in [0.29, 0.717) is 0 Å². The zero-order valence-electron chi connectivity index (χ0n) is 12.7. The Morgan fingerprint density at radius 1 is 1.16 bits per heavy atom. The quantitative estimate of drug-likeness (QED) is 0.769. The minimum Gasteiger partial charge on any atom is -0.493 e. The maximum Gasteiger partial charge on any atom is 0.164 e. The van der Waals surface area contributed by atoms with Crippen molar-refractivity contribution in [1.29, 1.82) is 0 Å². The van der Waals surface area contributed by atoms with Crippen LogP contribution >= 0.6 is 0 Å². The van der Waals surface area contributed by atoms with Crippen LogP contribution in [0.1, 0.15) is 26.3 Å². The highest BCUT2D eigenvalue weighted by molar-refractivity contribution is 5.47. The topological polar surface area (TPSA) is 47.7 Å². The van der Waals surface area contributed by atoms with Gasteiger partial charge in [0.15, 0.2) is 11.5 Å². The number of hydrogen-bond acceptors (Lipinski definition) is 4. The first-order chi connectivity index (χ1) is 9.00. The zero-order valence-corrected chi connectivity index (χ0v) is 12.7. The molecule has 0 radical (unpaired) electrons. The lowest BCUT2D eigenvalue weighted by Gasteiger charge is -2.37. The number of benzene rings is 1. The molecule has 0 spiro atoms. The van der Waals surface area contributed by atoms with Crippen molar-refractivity contribution < 1.29 is 9.47 Å². The van der Waals surface area contributed by atoms with E-state index in [2.05, 4.69) is 25.7 Å². The van der Waals surface area contributed by atoms with Crippen LogP contribution in [0.5, 0.6) is 11.5 Å². The van der Waals surface area contributed by atoms with E-state index in [0.717, 1.165) is 36.6 Å². The Balaban J connectivity index is 3.04. The number of likely N-dealkylation sites (N-methyl/N-ethyl adjacent to an activating group) is 1. The summed E-state index contributed by atoms with van der Waals surface area (Å²) >= 11 is 0. The molecule has 0 aliphatic rings. The normalized spacial score (nSPS) is 14.3. The average Bonchev–Trinajstić information content (AvgIpc) is 2.38. The predicted molar refractivity (Wildman–Crippen MR) is 78.8 cm³/mol. The molecule has 0 saturated heterocycles. The minimum absolute atomic E-state index is 0.400. The number of ether oxygens (including phenoxy) is 2. The van der Waals surface area contributed by atoms with E-state index >= 15 is 0 Å². The molecule has 1 aromatic carbocycles. The Kier molecular flexibility index (Phi) is 5.63. The summed E-state index contributed by atoms with van der Waals surface area (Å²) in [6.45, 7) is 8.15. The predicted octanol–water partition coefficient (Wildman–Crippen LogP) is 2.26. The van der Waals surface area contributed by atoms with E-state index in [-0.39, 0.29) is 0 Å². The number of para-hydroxylation sites is 1. The van der Waals surface area contributed by atoms with E-state index in [4.69, 9.17) is 15.2 Å². The number of hydrogen-bond donors (Lipinski definition) is 1. The minimum atomic E-state index is -0.400. The summed E-state index contributed by atoms with van der Waals surface area (Å²) in [5, 5.41) is 0. The van der Waals surface area contributed by atoms with Gasteiger partial charge >= 0.3 is 0 Å². The molecule has 1 unspecified atom stereocenters. The van der Waals surface area contributed by atoms with Crippen molar-refractivity contribution in [1.82, 2.24) is 4.90 Å². The summed E-state index contributed by atoms with van der Waals surface area (Å²) in [7, 11) is 3.31. The average molecular weight is 266 g/mol. The second-order valence-corrected chi connectivity index (χ2v) is 4.86. The smallest absolute Gasteiger partial charge is 0.164 e. The summed E-state index contributed by atoms with van der Waals surface area (Å²) < 4.78 is 10.8. The van der Waals surface area contributed by atoms with Gasteiger partial charge in [0.1, 0.15) is 0 Å². The van der Waals surface area contributed by atoms with E-state index in [1.54, 1.807) is 14.2 Å². The fourth-order valence-electron chi connectivity index (χ4n) is 2.54. The van der Waals surface area contributed by atoms with Gasteiger partial charge < -0.3 is 15.2 Å². The van der Waals surface area contributed by atoms with Crippen LogP contribution in [0.3, 0.4) is 0 Å². The molecular weight excluding hydrogens is 240 g/mol. The largest absolute Gasteiger partial charge is 0.493 e. The third-order valence-electron chi connectivity index (χ3n) is 3.52. The van der Waals surface area contributed by atoms with Crippen LogP contribution in [-0.4, -0.2) is 37.9 Å². The Morgan fingerprint density at radius 3 is 2.26 bits per heavy atom. The first kappa shape index (κ1) is 15.8. The van der Waals surface area contributed by atoms with Crippen LogP contribution in [0.4, 0.5) is 0 Å². The Labute approximate surface area is 116 Å². The van der Waals surface area contributed by atoms with Crippen LogP contribution in [0, 0.1) is 0 Å². The zero-order chi connectivity index (χ0) is 14.5. The van der Waals surface area contributed by atoms with Gasteiger partial charge in [-0.3, -0.25) is 4.90 Å². The Morgan fingerprint density at radius 2 is 1.79 bits per heavy atom. The highest BCUT2D eigenvalue weighted by Crippen LogP contribution is 2.33. The van der Waals surface area contributed by atoms with Gasteiger partial charge in [0.25, 0.3) is 0 Å². The van der Waals surface area contributed by atoms with Crippen LogP contribution in [0.25, 0.3) is 0 Å².